The number of hydrogen-bond acceptors (Lipinski definition) is 5. The van der Waals surface area contributed by atoms with E-state index in [1.165, 1.54) is 18.5 Å². The van der Waals surface area contributed by atoms with Crippen LogP contribution in [0.15, 0.2) is 24.5 Å². The zero-order valence-corrected chi connectivity index (χ0v) is 8.91. The third-order valence-electron chi connectivity index (χ3n) is 2.61. The number of amides is 2. The summed E-state index contributed by atoms with van der Waals surface area (Å²) in [7, 11) is 0. The third-order valence-corrected chi connectivity index (χ3v) is 2.61. The molecule has 2 aromatic rings. The third kappa shape index (κ3) is 1.17. The molecule has 1 aliphatic rings. The Labute approximate surface area is 101 Å². The summed E-state index contributed by atoms with van der Waals surface area (Å²) in [4.78, 5) is 28.9. The fourth-order valence-electron chi connectivity index (χ4n) is 1.80. The summed E-state index contributed by atoms with van der Waals surface area (Å²) in [6, 6.07) is 4.95. The van der Waals surface area contributed by atoms with E-state index in [0.29, 0.717) is 0 Å². The number of nitriles is 1. The Morgan fingerprint density at radius 2 is 2.17 bits per heavy atom. The van der Waals surface area contributed by atoms with Crippen molar-refractivity contribution >= 4 is 17.6 Å². The van der Waals surface area contributed by atoms with Gasteiger partial charge < -0.3 is 0 Å². The zero-order chi connectivity index (χ0) is 12.7. The summed E-state index contributed by atoms with van der Waals surface area (Å²) in [6.07, 6.45) is 2.69. The van der Waals surface area contributed by atoms with Crippen LogP contribution in [-0.4, -0.2) is 27.0 Å². The van der Waals surface area contributed by atoms with Gasteiger partial charge in [-0.15, -0.1) is 0 Å². The Bertz CT molecular complexity index is 677. The highest BCUT2D eigenvalue weighted by molar-refractivity contribution is 6.33. The molecule has 0 aliphatic carbocycles. The standard InChI is InChI=1S/C11H5N5O2/c12-4-6-5-14-15-9(6)16-10(17)7-2-1-3-13-8(7)11(16)18/h1-3,5H,(H,14,15). The number of pyridine rings is 1. The van der Waals surface area contributed by atoms with Crippen molar-refractivity contribution < 1.29 is 9.59 Å². The molecular weight excluding hydrogens is 234 g/mol. The minimum atomic E-state index is -0.559. The van der Waals surface area contributed by atoms with E-state index in [9.17, 15) is 9.59 Å². The molecule has 1 aliphatic heterocycles. The highest BCUT2D eigenvalue weighted by atomic mass is 16.2. The van der Waals surface area contributed by atoms with E-state index >= 15 is 0 Å². The molecule has 0 atom stereocenters. The summed E-state index contributed by atoms with van der Waals surface area (Å²) in [6.45, 7) is 0. The van der Waals surface area contributed by atoms with Gasteiger partial charge in [-0.1, -0.05) is 0 Å². The molecule has 0 spiro atoms. The lowest BCUT2D eigenvalue weighted by Crippen LogP contribution is -2.30. The second kappa shape index (κ2) is 3.49. The fraction of sp³-hybridized carbons (Fsp3) is 0. The number of anilines is 1. The number of fused-ring (bicyclic) bond motifs is 1. The molecular formula is C11H5N5O2. The normalized spacial score (nSPS) is 13.6. The molecule has 0 radical (unpaired) electrons. The van der Waals surface area contributed by atoms with Crippen molar-refractivity contribution in [2.75, 3.05) is 4.90 Å². The van der Waals surface area contributed by atoms with Crippen molar-refractivity contribution in [3.63, 3.8) is 0 Å². The van der Waals surface area contributed by atoms with Crippen LogP contribution in [0.4, 0.5) is 5.82 Å². The fourth-order valence-corrected chi connectivity index (χ4v) is 1.80. The van der Waals surface area contributed by atoms with Crippen molar-refractivity contribution in [2.45, 2.75) is 0 Å². The minimum Gasteiger partial charge on any atom is -0.268 e. The summed E-state index contributed by atoms with van der Waals surface area (Å²) in [5.74, 6) is -0.995. The number of aromatic amines is 1. The van der Waals surface area contributed by atoms with Crippen LogP contribution in [0.1, 0.15) is 26.4 Å². The lowest BCUT2D eigenvalue weighted by atomic mass is 10.2. The van der Waals surface area contributed by atoms with Crippen LogP contribution >= 0.6 is 0 Å². The molecule has 0 bridgehead atoms. The van der Waals surface area contributed by atoms with Crippen molar-refractivity contribution in [1.82, 2.24) is 15.2 Å². The largest absolute Gasteiger partial charge is 0.286 e. The second-order valence-electron chi connectivity index (χ2n) is 3.59. The number of carbonyl (C=O) groups excluding carboxylic acids is 2. The number of aromatic nitrogens is 3. The van der Waals surface area contributed by atoms with Gasteiger partial charge in [0.05, 0.1) is 11.8 Å². The maximum Gasteiger partial charge on any atom is 0.286 e. The average Bonchev–Trinajstić information content (AvgIpc) is 2.95. The highest BCUT2D eigenvalue weighted by Crippen LogP contribution is 2.27. The molecule has 2 aromatic heterocycles. The van der Waals surface area contributed by atoms with Crippen molar-refractivity contribution in [3.05, 3.63) is 41.3 Å². The quantitative estimate of drug-likeness (QED) is 0.729. The molecule has 3 heterocycles. The van der Waals surface area contributed by atoms with E-state index in [4.69, 9.17) is 5.26 Å². The smallest absolute Gasteiger partial charge is 0.268 e. The van der Waals surface area contributed by atoms with E-state index in [2.05, 4.69) is 15.2 Å². The molecule has 7 heteroatoms. The van der Waals surface area contributed by atoms with Gasteiger partial charge in [-0.3, -0.25) is 19.7 Å². The topological polar surface area (TPSA) is 103 Å². The van der Waals surface area contributed by atoms with Crippen molar-refractivity contribution in [3.8, 4) is 6.07 Å². The molecule has 0 saturated heterocycles. The summed E-state index contributed by atoms with van der Waals surface area (Å²) < 4.78 is 0. The Morgan fingerprint density at radius 1 is 1.33 bits per heavy atom. The van der Waals surface area contributed by atoms with E-state index < -0.39 is 11.8 Å². The maximum atomic E-state index is 12.1. The molecule has 0 saturated carbocycles. The van der Waals surface area contributed by atoms with Gasteiger partial charge in [0.1, 0.15) is 17.3 Å². The molecule has 3 rings (SSSR count). The number of nitrogens with zero attached hydrogens (tertiary/aromatic N) is 4. The molecule has 86 valence electrons. The van der Waals surface area contributed by atoms with Gasteiger partial charge >= 0.3 is 0 Å². The van der Waals surface area contributed by atoms with Crippen LogP contribution in [0.25, 0.3) is 0 Å². The van der Waals surface area contributed by atoms with Crippen molar-refractivity contribution in [2.24, 2.45) is 0 Å². The lowest BCUT2D eigenvalue weighted by molar-refractivity contribution is 0.0923. The number of carbonyl (C=O) groups is 2. The van der Waals surface area contributed by atoms with Gasteiger partial charge in [0, 0.05) is 6.20 Å². The molecule has 1 N–H and O–H groups in total. The van der Waals surface area contributed by atoms with Gasteiger partial charge in [0.2, 0.25) is 0 Å². The number of rotatable bonds is 1. The monoisotopic (exact) mass is 239 g/mol. The average molecular weight is 239 g/mol. The van der Waals surface area contributed by atoms with Crippen molar-refractivity contribution in [1.29, 1.82) is 5.26 Å². The van der Waals surface area contributed by atoms with E-state index in [-0.39, 0.29) is 22.6 Å². The first-order valence-electron chi connectivity index (χ1n) is 5.01. The first-order chi connectivity index (χ1) is 8.74. The SMILES string of the molecule is N#Cc1cn[nH]c1N1C(=O)c2cccnc2C1=O. The van der Waals surface area contributed by atoms with Crippen LogP contribution in [-0.2, 0) is 0 Å². The van der Waals surface area contributed by atoms with E-state index in [0.717, 1.165) is 4.90 Å². The zero-order valence-electron chi connectivity index (χ0n) is 8.91. The number of hydrogen-bond donors (Lipinski definition) is 1. The summed E-state index contributed by atoms with van der Waals surface area (Å²) >= 11 is 0. The number of H-pyrrole nitrogens is 1. The van der Waals surface area contributed by atoms with E-state index in [1.54, 1.807) is 6.07 Å². The van der Waals surface area contributed by atoms with Crippen LogP contribution in [0.2, 0.25) is 0 Å². The Balaban J connectivity index is 2.16. The number of imide groups is 1. The molecule has 7 nitrogen and oxygen atoms in total. The minimum absolute atomic E-state index is 0.0745. The van der Waals surface area contributed by atoms with Gasteiger partial charge in [-0.2, -0.15) is 10.4 Å². The first kappa shape index (κ1) is 10.2. The summed E-state index contributed by atoms with van der Waals surface area (Å²) in [5.41, 5.74) is 0.437. The Kier molecular flexibility index (Phi) is 1.97. The molecule has 2 amide bonds. The Morgan fingerprint density at radius 3 is 2.89 bits per heavy atom. The van der Waals surface area contributed by atoms with E-state index in [1.807, 2.05) is 6.07 Å². The second-order valence-corrected chi connectivity index (χ2v) is 3.59. The number of nitrogens with one attached hydrogen (secondary N) is 1. The first-order valence-corrected chi connectivity index (χ1v) is 5.01. The van der Waals surface area contributed by atoms with Crippen LogP contribution in [0.3, 0.4) is 0 Å². The maximum absolute atomic E-state index is 12.1. The molecule has 0 unspecified atom stereocenters. The van der Waals surface area contributed by atoms with Gasteiger partial charge in [0.15, 0.2) is 5.82 Å². The van der Waals surface area contributed by atoms with Crippen LogP contribution in [0.5, 0.6) is 0 Å². The Hall–Kier alpha value is -3.01. The lowest BCUT2D eigenvalue weighted by Gasteiger charge is -2.10. The van der Waals surface area contributed by atoms with Gasteiger partial charge in [0.25, 0.3) is 11.8 Å². The predicted molar refractivity (Wildman–Crippen MR) is 58.7 cm³/mol. The van der Waals surface area contributed by atoms with Crippen LogP contribution in [0, 0.1) is 11.3 Å². The van der Waals surface area contributed by atoms with Gasteiger partial charge in [-0.25, -0.2) is 4.90 Å². The summed E-state index contributed by atoms with van der Waals surface area (Å²) in [5, 5.41) is 15.0. The molecule has 0 fully saturated rings. The van der Waals surface area contributed by atoms with Crippen LogP contribution < -0.4 is 4.90 Å². The molecule has 0 aromatic carbocycles. The van der Waals surface area contributed by atoms with Gasteiger partial charge in [-0.05, 0) is 12.1 Å². The molecule has 18 heavy (non-hydrogen) atoms. The predicted octanol–water partition coefficient (Wildman–Crippen LogP) is 0.477. The highest BCUT2D eigenvalue weighted by Gasteiger charge is 2.39.